The first-order chi connectivity index (χ1) is 3.79. The molecule has 0 aromatic rings. The van der Waals surface area contributed by atoms with Crippen LogP contribution in [0.2, 0.25) is 0 Å². The van der Waals surface area contributed by atoms with E-state index in [9.17, 15) is 0 Å². The van der Waals surface area contributed by atoms with Crippen LogP contribution in [0.4, 0.5) is 0 Å². The molecule has 2 heteroatoms. The van der Waals surface area contributed by atoms with Gasteiger partial charge in [0.2, 0.25) is 0 Å². The molecular formula is C7H16O2. The molecular weight excluding hydrogens is 116 g/mol. The van der Waals surface area contributed by atoms with Crippen LogP contribution in [0.25, 0.3) is 0 Å². The van der Waals surface area contributed by atoms with E-state index in [0.717, 1.165) is 18.8 Å². The van der Waals surface area contributed by atoms with E-state index in [1.807, 2.05) is 0 Å². The van der Waals surface area contributed by atoms with Gasteiger partial charge in [0.15, 0.2) is 0 Å². The van der Waals surface area contributed by atoms with E-state index in [2.05, 4.69) is 6.92 Å². The monoisotopic (exact) mass is 132 g/mol. The second kappa shape index (κ2) is 3.85. The molecule has 9 heavy (non-hydrogen) atoms. The molecule has 0 radical (unpaired) electrons. The van der Waals surface area contributed by atoms with Crippen LogP contribution in [0.1, 0.15) is 32.6 Å². The van der Waals surface area contributed by atoms with Gasteiger partial charge in [0.25, 0.3) is 0 Å². The SMILES string of the molecule is CC1CCCC(O)C1.O. The Morgan fingerprint density at radius 3 is 2.33 bits per heavy atom. The van der Waals surface area contributed by atoms with Gasteiger partial charge in [-0.2, -0.15) is 0 Å². The molecule has 3 N–H and O–H groups in total. The molecule has 0 aromatic heterocycles. The van der Waals surface area contributed by atoms with E-state index in [1.54, 1.807) is 0 Å². The third kappa shape index (κ3) is 2.82. The number of aliphatic hydroxyl groups excluding tert-OH is 1. The smallest absolute Gasteiger partial charge is 0.0542 e. The first kappa shape index (κ1) is 8.92. The summed E-state index contributed by atoms with van der Waals surface area (Å²) in [6, 6.07) is 0. The zero-order valence-electron chi connectivity index (χ0n) is 5.93. The molecule has 0 amide bonds. The summed E-state index contributed by atoms with van der Waals surface area (Å²) in [7, 11) is 0. The summed E-state index contributed by atoms with van der Waals surface area (Å²) in [5.41, 5.74) is 0. The zero-order chi connectivity index (χ0) is 5.98. The van der Waals surface area contributed by atoms with Crippen LogP contribution in [0, 0.1) is 5.92 Å². The average Bonchev–Trinajstić information content (AvgIpc) is 1.64. The molecule has 1 aliphatic carbocycles. The Morgan fingerprint density at radius 2 is 2.00 bits per heavy atom. The van der Waals surface area contributed by atoms with Gasteiger partial charge in [-0.3, -0.25) is 0 Å². The quantitative estimate of drug-likeness (QED) is 0.519. The number of rotatable bonds is 0. The molecule has 56 valence electrons. The van der Waals surface area contributed by atoms with Crippen molar-refractivity contribution in [2.75, 3.05) is 0 Å². The van der Waals surface area contributed by atoms with Crippen LogP contribution in [0.5, 0.6) is 0 Å². The Morgan fingerprint density at radius 1 is 1.33 bits per heavy atom. The van der Waals surface area contributed by atoms with E-state index in [0.29, 0.717) is 0 Å². The Labute approximate surface area is 56.2 Å². The summed E-state index contributed by atoms with van der Waals surface area (Å²) >= 11 is 0. The van der Waals surface area contributed by atoms with Crippen LogP contribution < -0.4 is 0 Å². The highest BCUT2D eigenvalue weighted by Crippen LogP contribution is 2.22. The third-order valence-corrected chi connectivity index (χ3v) is 1.91. The highest BCUT2D eigenvalue weighted by molar-refractivity contribution is 4.67. The Balaban J connectivity index is 0.000000640. The molecule has 0 bridgehead atoms. The van der Waals surface area contributed by atoms with Gasteiger partial charge in [-0.15, -0.1) is 0 Å². The predicted octanol–water partition coefficient (Wildman–Crippen LogP) is 0.733. The standard InChI is InChI=1S/C7H14O.H2O/c1-6-3-2-4-7(8)5-6;/h6-8H,2-5H2,1H3;1H2. The largest absolute Gasteiger partial charge is 0.412 e. The Bertz CT molecular complexity index is 65.3. The van der Waals surface area contributed by atoms with Gasteiger partial charge in [-0.05, 0) is 18.8 Å². The van der Waals surface area contributed by atoms with E-state index in [4.69, 9.17) is 5.11 Å². The highest BCUT2D eigenvalue weighted by Gasteiger charge is 2.15. The van der Waals surface area contributed by atoms with Crippen molar-refractivity contribution in [3.63, 3.8) is 0 Å². The molecule has 0 saturated heterocycles. The predicted molar refractivity (Wildman–Crippen MR) is 37.3 cm³/mol. The number of hydrogen-bond acceptors (Lipinski definition) is 1. The fourth-order valence-corrected chi connectivity index (χ4v) is 1.40. The van der Waals surface area contributed by atoms with Crippen molar-refractivity contribution in [2.45, 2.75) is 38.7 Å². The lowest BCUT2D eigenvalue weighted by Crippen LogP contribution is -2.16. The van der Waals surface area contributed by atoms with Crippen LogP contribution >= 0.6 is 0 Å². The maximum absolute atomic E-state index is 9.08. The fourth-order valence-electron chi connectivity index (χ4n) is 1.40. The van der Waals surface area contributed by atoms with Crippen LogP contribution in [0.3, 0.4) is 0 Å². The minimum Gasteiger partial charge on any atom is -0.412 e. The number of hydrogen-bond donors (Lipinski definition) is 1. The lowest BCUT2D eigenvalue weighted by molar-refractivity contribution is 0.106. The van der Waals surface area contributed by atoms with Crippen LogP contribution in [-0.4, -0.2) is 16.7 Å². The summed E-state index contributed by atoms with van der Waals surface area (Å²) < 4.78 is 0. The summed E-state index contributed by atoms with van der Waals surface area (Å²) in [6.07, 6.45) is 4.61. The van der Waals surface area contributed by atoms with Crippen molar-refractivity contribution in [3.8, 4) is 0 Å². The lowest BCUT2D eigenvalue weighted by Gasteiger charge is -2.21. The summed E-state index contributed by atoms with van der Waals surface area (Å²) in [6.45, 7) is 2.21. The third-order valence-electron chi connectivity index (χ3n) is 1.91. The normalized spacial score (nSPS) is 35.3. The first-order valence-electron chi connectivity index (χ1n) is 3.47. The maximum Gasteiger partial charge on any atom is 0.0542 e. The summed E-state index contributed by atoms with van der Waals surface area (Å²) in [5.74, 6) is 0.763. The average molecular weight is 132 g/mol. The first-order valence-corrected chi connectivity index (χ1v) is 3.47. The van der Waals surface area contributed by atoms with Crippen LogP contribution in [0.15, 0.2) is 0 Å². The van der Waals surface area contributed by atoms with Gasteiger partial charge < -0.3 is 10.6 Å². The molecule has 2 atom stereocenters. The van der Waals surface area contributed by atoms with Gasteiger partial charge >= 0.3 is 0 Å². The van der Waals surface area contributed by atoms with Gasteiger partial charge in [0, 0.05) is 0 Å². The lowest BCUT2D eigenvalue weighted by atomic mass is 9.89. The Kier molecular flexibility index (Phi) is 3.82. The second-order valence-electron chi connectivity index (χ2n) is 2.93. The summed E-state index contributed by atoms with van der Waals surface area (Å²) in [4.78, 5) is 0. The molecule has 2 unspecified atom stereocenters. The van der Waals surface area contributed by atoms with Crippen molar-refractivity contribution in [2.24, 2.45) is 5.92 Å². The number of aliphatic hydroxyl groups is 1. The van der Waals surface area contributed by atoms with E-state index in [1.165, 1.54) is 12.8 Å². The zero-order valence-corrected chi connectivity index (χ0v) is 5.93. The van der Waals surface area contributed by atoms with Gasteiger partial charge in [-0.1, -0.05) is 19.8 Å². The minimum absolute atomic E-state index is 0. The van der Waals surface area contributed by atoms with Crippen molar-refractivity contribution in [3.05, 3.63) is 0 Å². The minimum atomic E-state index is 0. The Hall–Kier alpha value is -0.0800. The molecule has 1 aliphatic rings. The molecule has 0 spiro atoms. The second-order valence-corrected chi connectivity index (χ2v) is 2.93. The van der Waals surface area contributed by atoms with Crippen molar-refractivity contribution in [1.82, 2.24) is 0 Å². The van der Waals surface area contributed by atoms with Crippen molar-refractivity contribution < 1.29 is 10.6 Å². The van der Waals surface area contributed by atoms with Crippen molar-refractivity contribution >= 4 is 0 Å². The van der Waals surface area contributed by atoms with Gasteiger partial charge in [0.05, 0.1) is 6.10 Å². The highest BCUT2D eigenvalue weighted by atomic mass is 16.3. The molecule has 0 heterocycles. The van der Waals surface area contributed by atoms with Gasteiger partial charge in [0.1, 0.15) is 0 Å². The summed E-state index contributed by atoms with van der Waals surface area (Å²) in [5, 5.41) is 9.08. The topological polar surface area (TPSA) is 51.7 Å². The molecule has 1 saturated carbocycles. The molecule has 0 aromatic carbocycles. The van der Waals surface area contributed by atoms with Crippen LogP contribution in [-0.2, 0) is 0 Å². The molecule has 1 fully saturated rings. The van der Waals surface area contributed by atoms with E-state index < -0.39 is 0 Å². The van der Waals surface area contributed by atoms with E-state index in [-0.39, 0.29) is 11.6 Å². The maximum atomic E-state index is 9.08. The van der Waals surface area contributed by atoms with Crippen molar-refractivity contribution in [1.29, 1.82) is 0 Å². The van der Waals surface area contributed by atoms with Gasteiger partial charge in [-0.25, -0.2) is 0 Å². The molecule has 1 rings (SSSR count). The molecule has 2 nitrogen and oxygen atoms in total. The molecule has 0 aliphatic heterocycles. The fraction of sp³-hybridized carbons (Fsp3) is 1.00. The van der Waals surface area contributed by atoms with E-state index >= 15 is 0 Å².